The first-order chi connectivity index (χ1) is 6.38. The van der Waals surface area contributed by atoms with Gasteiger partial charge in [0.15, 0.2) is 0 Å². The van der Waals surface area contributed by atoms with E-state index in [9.17, 15) is 0 Å². The Bertz CT molecular complexity index is 304. The van der Waals surface area contributed by atoms with Crippen LogP contribution in [-0.4, -0.2) is 18.3 Å². The summed E-state index contributed by atoms with van der Waals surface area (Å²) in [6.07, 6.45) is 0. The summed E-state index contributed by atoms with van der Waals surface area (Å²) >= 11 is 0. The van der Waals surface area contributed by atoms with Gasteiger partial charge in [-0.05, 0) is 11.6 Å². The molecule has 0 unspecified atom stereocenters. The van der Waals surface area contributed by atoms with Gasteiger partial charge >= 0.3 is 0 Å². The number of aliphatic hydroxyl groups excluding tert-OH is 1. The van der Waals surface area contributed by atoms with E-state index in [2.05, 4.69) is 11.4 Å². The number of hydrogen-bond donors (Lipinski definition) is 2. The molecule has 0 heterocycles. The van der Waals surface area contributed by atoms with Crippen LogP contribution in [-0.2, 0) is 6.54 Å². The smallest absolute Gasteiger partial charge is 0.0995 e. The molecule has 0 saturated heterocycles. The topological polar surface area (TPSA) is 56.0 Å². The molecule has 0 aromatic heterocycles. The van der Waals surface area contributed by atoms with E-state index < -0.39 is 0 Å². The molecule has 0 saturated carbocycles. The van der Waals surface area contributed by atoms with E-state index in [0.717, 1.165) is 5.56 Å². The van der Waals surface area contributed by atoms with E-state index in [4.69, 9.17) is 10.4 Å². The number of rotatable bonds is 4. The average Bonchev–Trinajstić information content (AvgIpc) is 2.19. The minimum atomic E-state index is 0.120. The minimum absolute atomic E-state index is 0.120. The molecule has 0 radical (unpaired) electrons. The maximum absolute atomic E-state index is 8.75. The standard InChI is InChI=1S/C10H12N2O/c11-7-9-3-1-2-4-10(9)8-12-5-6-13/h1-4,12-13H,5-6,8H2. The highest BCUT2D eigenvalue weighted by atomic mass is 16.3. The minimum Gasteiger partial charge on any atom is -0.395 e. The molecule has 0 aliphatic heterocycles. The second-order valence-electron chi connectivity index (χ2n) is 2.67. The summed E-state index contributed by atoms with van der Waals surface area (Å²) in [6, 6.07) is 9.55. The predicted molar refractivity (Wildman–Crippen MR) is 49.9 cm³/mol. The van der Waals surface area contributed by atoms with Gasteiger partial charge in [0, 0.05) is 13.1 Å². The van der Waals surface area contributed by atoms with Crippen LogP contribution < -0.4 is 5.32 Å². The number of hydrogen-bond acceptors (Lipinski definition) is 3. The Morgan fingerprint density at radius 2 is 2.15 bits per heavy atom. The molecule has 0 aliphatic rings. The first-order valence-corrected chi connectivity index (χ1v) is 4.18. The van der Waals surface area contributed by atoms with Crippen LogP contribution in [0.25, 0.3) is 0 Å². The SMILES string of the molecule is N#Cc1ccccc1CNCCO. The van der Waals surface area contributed by atoms with Crippen molar-refractivity contribution in [2.45, 2.75) is 6.54 Å². The van der Waals surface area contributed by atoms with E-state index in [-0.39, 0.29) is 6.61 Å². The monoisotopic (exact) mass is 176 g/mol. The molecule has 68 valence electrons. The molecule has 1 aromatic carbocycles. The number of nitrogens with one attached hydrogen (secondary N) is 1. The van der Waals surface area contributed by atoms with Crippen LogP contribution in [0.3, 0.4) is 0 Å². The Balaban J connectivity index is 2.60. The third-order valence-electron chi connectivity index (χ3n) is 1.74. The van der Waals surface area contributed by atoms with Crippen molar-refractivity contribution in [2.24, 2.45) is 0 Å². The van der Waals surface area contributed by atoms with E-state index in [1.54, 1.807) is 6.07 Å². The highest BCUT2D eigenvalue weighted by molar-refractivity contribution is 5.37. The molecular formula is C10H12N2O. The van der Waals surface area contributed by atoms with Crippen molar-refractivity contribution in [1.82, 2.24) is 5.32 Å². The third-order valence-corrected chi connectivity index (χ3v) is 1.74. The van der Waals surface area contributed by atoms with E-state index in [0.29, 0.717) is 18.7 Å². The van der Waals surface area contributed by atoms with E-state index in [1.165, 1.54) is 0 Å². The average molecular weight is 176 g/mol. The maximum atomic E-state index is 8.75. The zero-order valence-corrected chi connectivity index (χ0v) is 7.33. The number of benzene rings is 1. The highest BCUT2D eigenvalue weighted by Crippen LogP contribution is 2.05. The van der Waals surface area contributed by atoms with Gasteiger partial charge in [-0.15, -0.1) is 0 Å². The second kappa shape index (κ2) is 5.31. The lowest BCUT2D eigenvalue weighted by atomic mass is 10.1. The van der Waals surface area contributed by atoms with Crippen molar-refractivity contribution in [3.63, 3.8) is 0 Å². The Morgan fingerprint density at radius 1 is 1.38 bits per heavy atom. The van der Waals surface area contributed by atoms with Gasteiger partial charge in [0.05, 0.1) is 18.2 Å². The molecule has 13 heavy (non-hydrogen) atoms. The first-order valence-electron chi connectivity index (χ1n) is 4.18. The van der Waals surface area contributed by atoms with Crippen molar-refractivity contribution in [3.05, 3.63) is 35.4 Å². The Morgan fingerprint density at radius 3 is 2.85 bits per heavy atom. The number of nitrogens with zero attached hydrogens (tertiary/aromatic N) is 1. The highest BCUT2D eigenvalue weighted by Gasteiger charge is 1.98. The van der Waals surface area contributed by atoms with Gasteiger partial charge < -0.3 is 10.4 Å². The molecule has 3 heteroatoms. The van der Waals surface area contributed by atoms with Crippen molar-refractivity contribution < 1.29 is 5.11 Å². The molecule has 1 aromatic rings. The number of aliphatic hydroxyl groups is 1. The Hall–Kier alpha value is -1.37. The maximum Gasteiger partial charge on any atom is 0.0995 e. The lowest BCUT2D eigenvalue weighted by Gasteiger charge is -2.03. The summed E-state index contributed by atoms with van der Waals surface area (Å²) in [4.78, 5) is 0. The fourth-order valence-corrected chi connectivity index (χ4v) is 1.09. The quantitative estimate of drug-likeness (QED) is 0.662. The van der Waals surface area contributed by atoms with E-state index >= 15 is 0 Å². The molecule has 0 fully saturated rings. The van der Waals surface area contributed by atoms with E-state index in [1.807, 2.05) is 18.2 Å². The van der Waals surface area contributed by atoms with Gasteiger partial charge in [0.25, 0.3) is 0 Å². The summed E-state index contributed by atoms with van der Waals surface area (Å²) in [5.74, 6) is 0. The van der Waals surface area contributed by atoms with Gasteiger partial charge in [-0.1, -0.05) is 18.2 Å². The lowest BCUT2D eigenvalue weighted by molar-refractivity contribution is 0.292. The van der Waals surface area contributed by atoms with Crippen molar-refractivity contribution >= 4 is 0 Å². The molecule has 0 atom stereocenters. The molecule has 2 N–H and O–H groups in total. The van der Waals surface area contributed by atoms with Crippen LogP contribution in [0.5, 0.6) is 0 Å². The molecule has 0 spiro atoms. The summed E-state index contributed by atoms with van der Waals surface area (Å²) in [7, 11) is 0. The summed E-state index contributed by atoms with van der Waals surface area (Å²) in [6.45, 7) is 1.30. The molecule has 1 rings (SSSR count). The lowest BCUT2D eigenvalue weighted by Crippen LogP contribution is -2.17. The fraction of sp³-hybridized carbons (Fsp3) is 0.300. The van der Waals surface area contributed by atoms with Gasteiger partial charge in [-0.2, -0.15) is 5.26 Å². The van der Waals surface area contributed by atoms with Crippen LogP contribution in [0.2, 0.25) is 0 Å². The van der Waals surface area contributed by atoms with Gasteiger partial charge in [0.1, 0.15) is 0 Å². The fourth-order valence-electron chi connectivity index (χ4n) is 1.09. The molecule has 0 bridgehead atoms. The largest absolute Gasteiger partial charge is 0.395 e. The molecular weight excluding hydrogens is 164 g/mol. The zero-order chi connectivity index (χ0) is 9.52. The molecule has 0 aliphatic carbocycles. The Kier molecular flexibility index (Phi) is 3.97. The summed E-state index contributed by atoms with van der Waals surface area (Å²) in [5, 5.41) is 20.3. The van der Waals surface area contributed by atoms with Crippen LogP contribution in [0, 0.1) is 11.3 Å². The van der Waals surface area contributed by atoms with Crippen molar-refractivity contribution in [2.75, 3.05) is 13.2 Å². The van der Waals surface area contributed by atoms with Crippen LogP contribution >= 0.6 is 0 Å². The summed E-state index contributed by atoms with van der Waals surface area (Å²) in [5.41, 5.74) is 1.66. The second-order valence-corrected chi connectivity index (χ2v) is 2.67. The zero-order valence-electron chi connectivity index (χ0n) is 7.33. The summed E-state index contributed by atoms with van der Waals surface area (Å²) < 4.78 is 0. The first kappa shape index (κ1) is 9.72. The van der Waals surface area contributed by atoms with Gasteiger partial charge in [-0.25, -0.2) is 0 Å². The van der Waals surface area contributed by atoms with Gasteiger partial charge in [-0.3, -0.25) is 0 Å². The van der Waals surface area contributed by atoms with Crippen LogP contribution in [0.1, 0.15) is 11.1 Å². The Labute approximate surface area is 77.6 Å². The molecule has 0 amide bonds. The molecule has 3 nitrogen and oxygen atoms in total. The van der Waals surface area contributed by atoms with Crippen LogP contribution in [0.15, 0.2) is 24.3 Å². The third kappa shape index (κ3) is 2.86. The van der Waals surface area contributed by atoms with Gasteiger partial charge in [0.2, 0.25) is 0 Å². The van der Waals surface area contributed by atoms with Crippen molar-refractivity contribution in [1.29, 1.82) is 5.26 Å². The predicted octanol–water partition coefficient (Wildman–Crippen LogP) is 0.640. The number of nitriles is 1. The van der Waals surface area contributed by atoms with Crippen LogP contribution in [0.4, 0.5) is 0 Å². The normalized spacial score (nSPS) is 9.54. The van der Waals surface area contributed by atoms with Crippen molar-refractivity contribution in [3.8, 4) is 6.07 Å².